The van der Waals surface area contributed by atoms with E-state index in [9.17, 15) is 4.79 Å². The minimum atomic E-state index is -0.146. The van der Waals surface area contributed by atoms with Crippen molar-refractivity contribution in [2.24, 2.45) is 0 Å². The van der Waals surface area contributed by atoms with Gasteiger partial charge >= 0.3 is 5.69 Å². The third kappa shape index (κ3) is 4.39. The Morgan fingerprint density at radius 3 is 2.60 bits per heavy atom. The van der Waals surface area contributed by atoms with Crippen molar-refractivity contribution < 1.29 is 0 Å². The summed E-state index contributed by atoms with van der Waals surface area (Å²) in [4.78, 5) is 22.4. The van der Waals surface area contributed by atoms with Crippen LogP contribution in [0.2, 0.25) is 0 Å². The van der Waals surface area contributed by atoms with Crippen molar-refractivity contribution in [3.05, 3.63) is 77.0 Å². The highest BCUT2D eigenvalue weighted by atomic mass is 16.2. The number of hydrogen-bond donors (Lipinski definition) is 1. The number of aromatic amines is 1. The van der Waals surface area contributed by atoms with Crippen molar-refractivity contribution in [1.29, 1.82) is 0 Å². The molecule has 5 aromatic rings. The van der Waals surface area contributed by atoms with Gasteiger partial charge in [-0.3, -0.25) is 9.55 Å². The molecule has 35 heavy (non-hydrogen) atoms. The van der Waals surface area contributed by atoms with E-state index in [1.54, 1.807) is 13.8 Å². The van der Waals surface area contributed by atoms with Crippen molar-refractivity contribution in [2.45, 2.75) is 46.2 Å². The second-order valence-electron chi connectivity index (χ2n) is 8.17. The lowest BCUT2D eigenvalue weighted by atomic mass is 10.0. The Morgan fingerprint density at radius 2 is 1.89 bits per heavy atom. The van der Waals surface area contributed by atoms with Crippen molar-refractivity contribution in [2.75, 3.05) is 0 Å². The van der Waals surface area contributed by atoms with E-state index in [0.29, 0.717) is 24.9 Å². The van der Waals surface area contributed by atoms with Crippen LogP contribution < -0.4 is 5.69 Å². The predicted molar refractivity (Wildman–Crippen MR) is 130 cm³/mol. The molecule has 178 valence electrons. The Bertz CT molecular complexity index is 1460. The molecule has 0 unspecified atom stereocenters. The van der Waals surface area contributed by atoms with E-state index in [4.69, 9.17) is 0 Å². The lowest BCUT2D eigenvalue weighted by Gasteiger charge is -2.09. The molecule has 11 heteroatoms. The molecule has 0 radical (unpaired) electrons. The summed E-state index contributed by atoms with van der Waals surface area (Å²) in [7, 11) is 0. The van der Waals surface area contributed by atoms with Gasteiger partial charge in [-0.15, -0.1) is 5.10 Å². The molecule has 0 fully saturated rings. The van der Waals surface area contributed by atoms with Crippen LogP contribution in [-0.4, -0.2) is 49.5 Å². The quantitative estimate of drug-likeness (QED) is 0.351. The number of rotatable bonds is 9. The zero-order valence-electron chi connectivity index (χ0n) is 19.7. The van der Waals surface area contributed by atoms with Gasteiger partial charge in [-0.25, -0.2) is 19.1 Å². The number of imidazole rings is 1. The molecule has 0 amide bonds. The second kappa shape index (κ2) is 9.84. The first-order valence-corrected chi connectivity index (χ1v) is 11.7. The number of hydrogen-bond acceptors (Lipinski definition) is 7. The Labute approximate surface area is 201 Å². The van der Waals surface area contributed by atoms with Gasteiger partial charge in [0, 0.05) is 35.8 Å². The highest BCUT2D eigenvalue weighted by molar-refractivity contribution is 5.79. The van der Waals surface area contributed by atoms with Crippen LogP contribution >= 0.6 is 0 Å². The second-order valence-corrected chi connectivity index (χ2v) is 8.17. The summed E-state index contributed by atoms with van der Waals surface area (Å²) in [5, 5.41) is 18.4. The van der Waals surface area contributed by atoms with Gasteiger partial charge in [0.1, 0.15) is 6.33 Å². The maximum atomic E-state index is 13.4. The molecule has 0 aliphatic heterocycles. The molecule has 0 saturated heterocycles. The topological polar surface area (TPSA) is 125 Å². The summed E-state index contributed by atoms with van der Waals surface area (Å²) in [5.74, 6) is 1.12. The Balaban J connectivity index is 1.47. The fourth-order valence-electron chi connectivity index (χ4n) is 4.12. The molecule has 1 aromatic carbocycles. The van der Waals surface area contributed by atoms with Crippen LogP contribution in [0.1, 0.15) is 38.1 Å². The predicted octanol–water partition coefficient (Wildman–Crippen LogP) is 2.88. The molecular formula is C24H26N10O. The van der Waals surface area contributed by atoms with E-state index in [1.165, 1.54) is 6.33 Å². The lowest BCUT2D eigenvalue weighted by Crippen LogP contribution is -2.26. The molecule has 11 nitrogen and oxygen atoms in total. The molecule has 4 heterocycles. The van der Waals surface area contributed by atoms with Crippen molar-refractivity contribution in [1.82, 2.24) is 49.5 Å². The number of nitrogens with zero attached hydrogens (tertiary/aromatic N) is 9. The molecule has 0 aliphatic rings. The van der Waals surface area contributed by atoms with E-state index in [-0.39, 0.29) is 5.69 Å². The summed E-state index contributed by atoms with van der Waals surface area (Å²) in [6.07, 6.45) is 8.00. The maximum Gasteiger partial charge on any atom is 0.335 e. The fraction of sp³-hybridized carbons (Fsp3) is 0.292. The average Bonchev–Trinajstić information content (AvgIpc) is 3.65. The Hall–Kier alpha value is -4.41. The number of unbranched alkanes of at least 4 members (excludes halogenated alkanes) is 1. The van der Waals surface area contributed by atoms with Gasteiger partial charge in [0.05, 0.1) is 12.2 Å². The highest BCUT2D eigenvalue weighted by Crippen LogP contribution is 2.29. The first kappa shape index (κ1) is 22.4. The van der Waals surface area contributed by atoms with Gasteiger partial charge in [0.25, 0.3) is 0 Å². The van der Waals surface area contributed by atoms with Gasteiger partial charge in [0.15, 0.2) is 5.82 Å². The lowest BCUT2D eigenvalue weighted by molar-refractivity contribution is 0.618. The van der Waals surface area contributed by atoms with Crippen LogP contribution in [0, 0.1) is 0 Å². The van der Waals surface area contributed by atoms with Crippen LogP contribution in [0.15, 0.2) is 59.9 Å². The van der Waals surface area contributed by atoms with Gasteiger partial charge < -0.3 is 0 Å². The SMILES string of the molecule is CCCCc1cn(-c2ncnn2CC)c(=O)n1Cc1ccc(-c2ccccc2-c2nnn[nH]2)cn1. The van der Waals surface area contributed by atoms with Crippen LogP contribution in [0.25, 0.3) is 28.5 Å². The van der Waals surface area contributed by atoms with Crippen LogP contribution in [-0.2, 0) is 19.5 Å². The molecule has 0 atom stereocenters. The first-order valence-electron chi connectivity index (χ1n) is 11.7. The number of tetrazole rings is 1. The van der Waals surface area contributed by atoms with Gasteiger partial charge in [-0.2, -0.15) is 10.1 Å². The third-order valence-electron chi connectivity index (χ3n) is 5.94. The van der Waals surface area contributed by atoms with E-state index in [0.717, 1.165) is 47.3 Å². The number of aryl methyl sites for hydroxylation is 2. The van der Waals surface area contributed by atoms with Crippen molar-refractivity contribution >= 4 is 0 Å². The van der Waals surface area contributed by atoms with Crippen LogP contribution in [0.5, 0.6) is 0 Å². The van der Waals surface area contributed by atoms with Gasteiger partial charge in [-0.1, -0.05) is 43.7 Å². The highest BCUT2D eigenvalue weighted by Gasteiger charge is 2.17. The van der Waals surface area contributed by atoms with Gasteiger partial charge in [0.2, 0.25) is 5.95 Å². The zero-order valence-corrected chi connectivity index (χ0v) is 19.7. The normalized spacial score (nSPS) is 11.3. The molecule has 0 bridgehead atoms. The average molecular weight is 471 g/mol. The summed E-state index contributed by atoms with van der Waals surface area (Å²) in [6.45, 7) is 5.12. The number of benzene rings is 1. The third-order valence-corrected chi connectivity index (χ3v) is 5.94. The smallest absolute Gasteiger partial charge is 0.290 e. The van der Waals surface area contributed by atoms with Crippen LogP contribution in [0.3, 0.4) is 0 Å². The minimum absolute atomic E-state index is 0.146. The van der Waals surface area contributed by atoms with Crippen molar-refractivity contribution in [3.63, 3.8) is 0 Å². The Morgan fingerprint density at radius 1 is 1.03 bits per heavy atom. The fourth-order valence-corrected chi connectivity index (χ4v) is 4.12. The van der Waals surface area contributed by atoms with Crippen molar-refractivity contribution in [3.8, 4) is 28.5 Å². The monoisotopic (exact) mass is 470 g/mol. The molecule has 4 aromatic heterocycles. The largest absolute Gasteiger partial charge is 0.335 e. The van der Waals surface area contributed by atoms with E-state index >= 15 is 0 Å². The van der Waals surface area contributed by atoms with E-state index < -0.39 is 0 Å². The molecule has 0 spiro atoms. The molecule has 5 rings (SSSR count). The number of aromatic nitrogens is 10. The summed E-state index contributed by atoms with van der Waals surface area (Å²) in [5.41, 5.74) is 4.40. The number of H-pyrrole nitrogens is 1. The maximum absolute atomic E-state index is 13.4. The molecule has 0 saturated carbocycles. The zero-order chi connectivity index (χ0) is 24.2. The molecular weight excluding hydrogens is 444 g/mol. The molecule has 1 N–H and O–H groups in total. The number of pyridine rings is 1. The Kier molecular flexibility index (Phi) is 6.29. The number of nitrogens with one attached hydrogen (secondary N) is 1. The van der Waals surface area contributed by atoms with E-state index in [2.05, 4.69) is 42.6 Å². The van der Waals surface area contributed by atoms with E-state index in [1.807, 2.05) is 55.7 Å². The van der Waals surface area contributed by atoms with Gasteiger partial charge in [-0.05, 0) is 41.8 Å². The summed E-state index contributed by atoms with van der Waals surface area (Å²) < 4.78 is 5.07. The standard InChI is InChI=1S/C24H26N10O/c1-3-5-8-19-15-33(23-26-16-27-34(23)4-2)24(35)32(19)14-18-12-11-17(13-25-18)20-9-6-7-10-21(20)22-28-30-31-29-22/h6-7,9-13,15-16H,3-5,8,14H2,1-2H3,(H,28,29,30,31). The first-order chi connectivity index (χ1) is 17.2. The molecule has 0 aliphatic carbocycles. The summed E-state index contributed by atoms with van der Waals surface area (Å²) in [6, 6.07) is 11.8. The summed E-state index contributed by atoms with van der Waals surface area (Å²) >= 11 is 0. The van der Waals surface area contributed by atoms with Crippen LogP contribution in [0.4, 0.5) is 0 Å². The minimum Gasteiger partial charge on any atom is -0.290 e.